The lowest BCUT2D eigenvalue weighted by Crippen LogP contribution is -2.54. The maximum absolute atomic E-state index is 13.0. The zero-order valence-corrected chi connectivity index (χ0v) is 22.2. The molecule has 0 spiro atoms. The van der Waals surface area contributed by atoms with Crippen LogP contribution in [0.15, 0.2) is 48.8 Å². The smallest absolute Gasteiger partial charge is 0.262 e. The fourth-order valence-corrected chi connectivity index (χ4v) is 5.76. The van der Waals surface area contributed by atoms with Gasteiger partial charge >= 0.3 is 0 Å². The van der Waals surface area contributed by atoms with Gasteiger partial charge in [-0.2, -0.15) is 5.10 Å². The van der Waals surface area contributed by atoms with Gasteiger partial charge in [0, 0.05) is 37.5 Å². The van der Waals surface area contributed by atoms with Crippen molar-refractivity contribution in [2.24, 2.45) is 5.92 Å². The molecule has 4 heterocycles. The molecule has 2 fully saturated rings. The first kappa shape index (κ1) is 25.7. The number of nitrogens with one attached hydrogen (secondary N) is 3. The van der Waals surface area contributed by atoms with Crippen molar-refractivity contribution in [2.45, 2.75) is 50.6 Å². The summed E-state index contributed by atoms with van der Waals surface area (Å²) in [5.41, 5.74) is 3.25. The molecule has 3 aromatic rings. The summed E-state index contributed by atoms with van der Waals surface area (Å²) in [5.74, 6) is -0.505. The molecule has 2 aliphatic heterocycles. The molecule has 0 radical (unpaired) electrons. The number of benzene rings is 1. The number of hydrogen-bond donors (Lipinski definition) is 3. The molecule has 11 nitrogen and oxygen atoms in total. The topological polar surface area (TPSA) is 138 Å². The van der Waals surface area contributed by atoms with Gasteiger partial charge in [-0.1, -0.05) is 6.07 Å². The monoisotopic (exact) mass is 541 g/mol. The maximum atomic E-state index is 13.0. The van der Waals surface area contributed by atoms with E-state index in [9.17, 15) is 19.2 Å². The van der Waals surface area contributed by atoms with Crippen molar-refractivity contribution in [3.8, 4) is 11.3 Å². The fraction of sp³-hybridized carbons (Fsp3) is 0.379. The Hall–Kier alpha value is -4.54. The largest absolute Gasteiger partial charge is 0.385 e. The van der Waals surface area contributed by atoms with Crippen molar-refractivity contribution in [1.82, 2.24) is 25.0 Å². The minimum Gasteiger partial charge on any atom is -0.385 e. The minimum absolute atomic E-state index is 0.101. The van der Waals surface area contributed by atoms with Crippen LogP contribution in [0.1, 0.15) is 65.3 Å². The van der Waals surface area contributed by atoms with Crippen LogP contribution in [-0.4, -0.2) is 62.9 Å². The SMILES string of the molecule is CNc1cccc(-c2cnn([C@H]3C[C@H](CCCNc4ccc5c(c4)C(=O)N(C4CCC(=O)NC4=O)C5=O)C3)c2)n1. The van der Waals surface area contributed by atoms with Gasteiger partial charge in [0.25, 0.3) is 11.8 Å². The number of nitrogens with zero attached hydrogens (tertiary/aromatic N) is 4. The highest BCUT2D eigenvalue weighted by Crippen LogP contribution is 2.40. The first-order chi connectivity index (χ1) is 19.4. The van der Waals surface area contributed by atoms with E-state index in [-0.39, 0.29) is 29.9 Å². The number of carbonyl (C=O) groups excluding carboxylic acids is 4. The second-order valence-electron chi connectivity index (χ2n) is 10.6. The minimum atomic E-state index is -0.956. The molecule has 2 aromatic heterocycles. The van der Waals surface area contributed by atoms with Crippen LogP contribution in [0.2, 0.25) is 0 Å². The summed E-state index contributed by atoms with van der Waals surface area (Å²) < 4.78 is 2.05. The number of imide groups is 2. The average Bonchev–Trinajstić information content (AvgIpc) is 3.51. The van der Waals surface area contributed by atoms with Crippen LogP contribution in [-0.2, 0) is 9.59 Å². The molecule has 6 rings (SSSR count). The molecule has 1 atom stereocenters. The average molecular weight is 542 g/mol. The number of hydrogen-bond acceptors (Lipinski definition) is 8. The normalized spacial score (nSPS) is 22.1. The number of amides is 4. The van der Waals surface area contributed by atoms with Crippen LogP contribution in [0.4, 0.5) is 11.5 Å². The molecule has 11 heteroatoms. The predicted molar refractivity (Wildman–Crippen MR) is 148 cm³/mol. The zero-order valence-electron chi connectivity index (χ0n) is 22.2. The van der Waals surface area contributed by atoms with Gasteiger partial charge < -0.3 is 10.6 Å². The Kier molecular flexibility index (Phi) is 6.79. The molecule has 3 N–H and O–H groups in total. The van der Waals surface area contributed by atoms with Gasteiger partial charge in [0.15, 0.2) is 0 Å². The third-order valence-corrected chi connectivity index (χ3v) is 8.05. The van der Waals surface area contributed by atoms with E-state index >= 15 is 0 Å². The third-order valence-electron chi connectivity index (χ3n) is 8.05. The molecule has 0 bridgehead atoms. The van der Waals surface area contributed by atoms with E-state index in [1.807, 2.05) is 31.4 Å². The van der Waals surface area contributed by atoms with Crippen molar-refractivity contribution in [2.75, 3.05) is 24.2 Å². The lowest BCUT2D eigenvalue weighted by molar-refractivity contribution is -0.136. The van der Waals surface area contributed by atoms with Crippen LogP contribution < -0.4 is 16.0 Å². The van der Waals surface area contributed by atoms with Gasteiger partial charge in [-0.05, 0) is 68.4 Å². The van der Waals surface area contributed by atoms with Crippen molar-refractivity contribution in [3.05, 3.63) is 59.9 Å². The molecule has 1 saturated heterocycles. The number of fused-ring (bicyclic) bond motifs is 1. The fourth-order valence-electron chi connectivity index (χ4n) is 5.76. The van der Waals surface area contributed by atoms with E-state index < -0.39 is 23.8 Å². The highest BCUT2D eigenvalue weighted by molar-refractivity contribution is 6.23. The second-order valence-corrected chi connectivity index (χ2v) is 10.6. The highest BCUT2D eigenvalue weighted by atomic mass is 16.2. The summed E-state index contributed by atoms with van der Waals surface area (Å²) in [6.07, 6.45) is 8.46. The quantitative estimate of drug-likeness (QED) is 0.277. The Morgan fingerprint density at radius 1 is 1.05 bits per heavy atom. The second kappa shape index (κ2) is 10.6. The Morgan fingerprint density at radius 2 is 1.88 bits per heavy atom. The lowest BCUT2D eigenvalue weighted by atomic mass is 9.77. The molecule has 1 saturated carbocycles. The molecule has 1 aliphatic carbocycles. The summed E-state index contributed by atoms with van der Waals surface area (Å²) in [4.78, 5) is 55.1. The van der Waals surface area contributed by atoms with E-state index in [1.54, 1.807) is 18.2 Å². The number of piperidine rings is 1. The third kappa shape index (κ3) is 4.83. The van der Waals surface area contributed by atoms with E-state index in [1.165, 1.54) is 0 Å². The number of anilines is 2. The summed E-state index contributed by atoms with van der Waals surface area (Å²) in [6, 6.07) is 10.4. The Morgan fingerprint density at radius 3 is 2.67 bits per heavy atom. The van der Waals surface area contributed by atoms with Gasteiger partial charge in [0.1, 0.15) is 11.9 Å². The van der Waals surface area contributed by atoms with Gasteiger partial charge in [0.05, 0.1) is 29.1 Å². The standard InChI is InChI=1S/C29H31N7O4/c1-30-25-6-2-5-23(33-25)18-15-32-35(16-18)20-12-17(13-20)4-3-11-31-19-7-8-21-22(14-19)29(40)36(28(21)39)24-9-10-26(37)34-27(24)38/h2,5-8,14-17,20,24,31H,3-4,9-13H2,1H3,(H,30,33)(H,34,37,38)/t17-,20-,24?. The Balaban J connectivity index is 0.972. The first-order valence-electron chi connectivity index (χ1n) is 13.7. The molecule has 3 aliphatic rings. The molecular weight excluding hydrogens is 510 g/mol. The molecule has 206 valence electrons. The molecule has 1 unspecified atom stereocenters. The molecule has 40 heavy (non-hydrogen) atoms. The number of rotatable bonds is 9. The Labute approximate surface area is 231 Å². The van der Waals surface area contributed by atoms with Crippen LogP contribution in [0.3, 0.4) is 0 Å². The van der Waals surface area contributed by atoms with Gasteiger partial charge in [-0.25, -0.2) is 4.98 Å². The van der Waals surface area contributed by atoms with Crippen LogP contribution >= 0.6 is 0 Å². The first-order valence-corrected chi connectivity index (χ1v) is 13.7. The predicted octanol–water partition coefficient (Wildman–Crippen LogP) is 3.23. The van der Waals surface area contributed by atoms with Crippen LogP contribution in [0, 0.1) is 5.92 Å². The Bertz CT molecular complexity index is 1490. The molecule has 4 amide bonds. The van der Waals surface area contributed by atoms with Gasteiger partial charge in [0.2, 0.25) is 11.8 Å². The van der Waals surface area contributed by atoms with E-state index in [0.29, 0.717) is 12.0 Å². The van der Waals surface area contributed by atoms with Crippen LogP contribution in [0.25, 0.3) is 11.3 Å². The summed E-state index contributed by atoms with van der Waals surface area (Å²) >= 11 is 0. The maximum Gasteiger partial charge on any atom is 0.262 e. The van der Waals surface area contributed by atoms with Crippen LogP contribution in [0.5, 0.6) is 0 Å². The van der Waals surface area contributed by atoms with Gasteiger partial charge in [-0.15, -0.1) is 0 Å². The number of pyridine rings is 1. The van der Waals surface area contributed by atoms with Crippen molar-refractivity contribution >= 4 is 35.1 Å². The highest BCUT2D eigenvalue weighted by Gasteiger charge is 2.44. The summed E-state index contributed by atoms with van der Waals surface area (Å²) in [7, 11) is 1.85. The van der Waals surface area contributed by atoms with Crippen molar-refractivity contribution in [3.63, 3.8) is 0 Å². The van der Waals surface area contributed by atoms with Crippen molar-refractivity contribution in [1.29, 1.82) is 0 Å². The molecular formula is C29H31N7O4. The van der Waals surface area contributed by atoms with Crippen molar-refractivity contribution < 1.29 is 19.2 Å². The van der Waals surface area contributed by atoms with E-state index in [0.717, 1.165) is 59.9 Å². The summed E-state index contributed by atoms with van der Waals surface area (Å²) in [5, 5.41) is 13.2. The van der Waals surface area contributed by atoms with E-state index in [2.05, 4.69) is 36.9 Å². The van der Waals surface area contributed by atoms with Gasteiger partial charge in [-0.3, -0.25) is 34.1 Å². The molecule has 1 aromatic carbocycles. The summed E-state index contributed by atoms with van der Waals surface area (Å²) in [6.45, 7) is 0.748. The lowest BCUT2D eigenvalue weighted by Gasteiger charge is -2.35. The number of aromatic nitrogens is 3. The number of carbonyl (C=O) groups is 4. The van der Waals surface area contributed by atoms with E-state index in [4.69, 9.17) is 0 Å². The zero-order chi connectivity index (χ0) is 27.8.